The van der Waals surface area contributed by atoms with Crippen LogP contribution in [-0.4, -0.2) is 53.7 Å². The number of nitrogens with two attached hydrogens (primary N) is 1. The van der Waals surface area contributed by atoms with Crippen molar-refractivity contribution in [3.63, 3.8) is 0 Å². The maximum Gasteiger partial charge on any atom is 0.263 e. The van der Waals surface area contributed by atoms with Crippen LogP contribution in [0.3, 0.4) is 0 Å². The molecule has 0 saturated carbocycles. The number of nitrogens with zero attached hydrogens (tertiary/aromatic N) is 2. The number of thiazole rings is 1. The van der Waals surface area contributed by atoms with Crippen LogP contribution in [0.2, 0.25) is 0 Å². The summed E-state index contributed by atoms with van der Waals surface area (Å²) in [5.74, 6) is 0.310. The molecule has 2 heterocycles. The van der Waals surface area contributed by atoms with Crippen molar-refractivity contribution in [2.45, 2.75) is 19.3 Å². The molecule has 1 amide bonds. The average Bonchev–Trinajstić information content (AvgIpc) is 2.90. The summed E-state index contributed by atoms with van der Waals surface area (Å²) in [5.41, 5.74) is 5.50. The van der Waals surface area contributed by atoms with E-state index < -0.39 is 0 Å². The Morgan fingerprint density at radius 3 is 3.20 bits per heavy atom. The van der Waals surface area contributed by atoms with Gasteiger partial charge in [0, 0.05) is 19.7 Å². The number of carbonyl (C=O) groups is 1. The molecule has 1 aliphatic rings. The predicted octanol–water partition coefficient (Wildman–Crippen LogP) is 0.549. The summed E-state index contributed by atoms with van der Waals surface area (Å²) < 4.78 is 0. The van der Waals surface area contributed by atoms with Gasteiger partial charge in [0.1, 0.15) is 4.88 Å². The molecule has 0 spiro atoms. The van der Waals surface area contributed by atoms with Gasteiger partial charge in [0.15, 0.2) is 5.13 Å². The molecule has 20 heavy (non-hydrogen) atoms. The first-order valence-electron chi connectivity index (χ1n) is 7.01. The van der Waals surface area contributed by atoms with Crippen LogP contribution in [0.4, 0.5) is 5.13 Å². The summed E-state index contributed by atoms with van der Waals surface area (Å²) in [6, 6.07) is 0. The van der Waals surface area contributed by atoms with E-state index in [0.29, 0.717) is 22.5 Å². The number of aliphatic hydroxyl groups excluding tert-OH is 1. The second-order valence-corrected chi connectivity index (χ2v) is 6.23. The Morgan fingerprint density at radius 2 is 2.50 bits per heavy atom. The Balaban J connectivity index is 1.62. The molecule has 0 aromatic carbocycles. The highest BCUT2D eigenvalue weighted by atomic mass is 32.1. The van der Waals surface area contributed by atoms with Crippen molar-refractivity contribution < 1.29 is 9.90 Å². The first-order chi connectivity index (χ1) is 9.69. The standard InChI is InChI=1S/C13H22N4O2S/c14-13-16-7-11(20-13)12(19)15-4-2-6-17-5-1-3-10(8-17)9-18/h7,10,18H,1-6,8-9H2,(H2,14,16)(H,15,19). The first-order valence-corrected chi connectivity index (χ1v) is 7.83. The number of likely N-dealkylation sites (tertiary alicyclic amines) is 1. The van der Waals surface area contributed by atoms with Crippen molar-refractivity contribution in [1.29, 1.82) is 0 Å². The smallest absolute Gasteiger partial charge is 0.263 e. The Labute approximate surface area is 123 Å². The highest BCUT2D eigenvalue weighted by Gasteiger charge is 2.18. The molecular formula is C13H22N4O2S. The summed E-state index contributed by atoms with van der Waals surface area (Å²) in [6.45, 7) is 3.95. The van der Waals surface area contributed by atoms with E-state index in [1.807, 2.05) is 0 Å². The van der Waals surface area contributed by atoms with E-state index in [1.54, 1.807) is 0 Å². The van der Waals surface area contributed by atoms with Crippen LogP contribution in [0, 0.1) is 5.92 Å². The molecule has 7 heteroatoms. The van der Waals surface area contributed by atoms with Gasteiger partial charge in [0.25, 0.3) is 5.91 Å². The Kier molecular flexibility index (Phi) is 5.75. The summed E-state index contributed by atoms with van der Waals surface area (Å²) in [6.07, 6.45) is 4.69. The number of amides is 1. The summed E-state index contributed by atoms with van der Waals surface area (Å²) in [5, 5.41) is 12.5. The molecule has 0 aliphatic carbocycles. The number of piperidine rings is 1. The number of hydrogen-bond donors (Lipinski definition) is 3. The van der Waals surface area contributed by atoms with Gasteiger partial charge in [0.05, 0.1) is 6.20 Å². The van der Waals surface area contributed by atoms with Crippen LogP contribution in [0.15, 0.2) is 6.20 Å². The van der Waals surface area contributed by atoms with E-state index in [-0.39, 0.29) is 12.5 Å². The second-order valence-electron chi connectivity index (χ2n) is 5.16. The molecule has 0 bridgehead atoms. The second kappa shape index (κ2) is 7.56. The van der Waals surface area contributed by atoms with Gasteiger partial charge in [-0.25, -0.2) is 4.98 Å². The van der Waals surface area contributed by atoms with Crippen molar-refractivity contribution in [1.82, 2.24) is 15.2 Å². The Bertz CT molecular complexity index is 438. The van der Waals surface area contributed by atoms with Crippen LogP contribution >= 0.6 is 11.3 Å². The van der Waals surface area contributed by atoms with Crippen LogP contribution in [-0.2, 0) is 0 Å². The first kappa shape index (κ1) is 15.2. The summed E-state index contributed by atoms with van der Waals surface area (Å²) in [4.78, 5) is 18.5. The van der Waals surface area contributed by atoms with Gasteiger partial charge in [-0.15, -0.1) is 0 Å². The third-order valence-corrected chi connectivity index (χ3v) is 4.37. The predicted molar refractivity (Wildman–Crippen MR) is 79.7 cm³/mol. The maximum atomic E-state index is 11.8. The molecule has 2 rings (SSSR count). The van der Waals surface area contributed by atoms with Crippen LogP contribution < -0.4 is 11.1 Å². The number of rotatable bonds is 6. The lowest BCUT2D eigenvalue weighted by Crippen LogP contribution is -2.38. The van der Waals surface area contributed by atoms with E-state index in [0.717, 1.165) is 38.9 Å². The lowest BCUT2D eigenvalue weighted by molar-refractivity contribution is 0.0950. The van der Waals surface area contributed by atoms with Gasteiger partial charge in [0.2, 0.25) is 0 Å². The lowest BCUT2D eigenvalue weighted by atomic mass is 9.99. The van der Waals surface area contributed by atoms with Gasteiger partial charge in [-0.05, 0) is 38.3 Å². The fourth-order valence-corrected chi connectivity index (χ4v) is 3.09. The van der Waals surface area contributed by atoms with Gasteiger partial charge < -0.3 is 21.1 Å². The molecule has 4 N–H and O–H groups in total. The number of nitrogens with one attached hydrogen (secondary N) is 1. The summed E-state index contributed by atoms with van der Waals surface area (Å²) >= 11 is 1.20. The van der Waals surface area contributed by atoms with Gasteiger partial charge in [-0.2, -0.15) is 0 Å². The van der Waals surface area contributed by atoms with Crippen molar-refractivity contribution >= 4 is 22.4 Å². The van der Waals surface area contributed by atoms with Crippen LogP contribution in [0.1, 0.15) is 28.9 Å². The van der Waals surface area contributed by atoms with Crippen LogP contribution in [0.25, 0.3) is 0 Å². The fourth-order valence-electron chi connectivity index (χ4n) is 2.49. The minimum Gasteiger partial charge on any atom is -0.396 e. The largest absolute Gasteiger partial charge is 0.396 e. The Morgan fingerprint density at radius 1 is 1.65 bits per heavy atom. The molecule has 1 aromatic rings. The monoisotopic (exact) mass is 298 g/mol. The summed E-state index contributed by atoms with van der Waals surface area (Å²) in [7, 11) is 0. The molecule has 1 aromatic heterocycles. The molecule has 112 valence electrons. The molecule has 1 atom stereocenters. The quantitative estimate of drug-likeness (QED) is 0.667. The number of aliphatic hydroxyl groups is 1. The Hall–Kier alpha value is -1.18. The zero-order chi connectivity index (χ0) is 14.4. The maximum absolute atomic E-state index is 11.8. The lowest BCUT2D eigenvalue weighted by Gasteiger charge is -2.31. The van der Waals surface area contributed by atoms with E-state index in [1.165, 1.54) is 17.5 Å². The number of anilines is 1. The highest BCUT2D eigenvalue weighted by molar-refractivity contribution is 7.17. The van der Waals surface area contributed by atoms with Crippen LogP contribution in [0.5, 0.6) is 0 Å². The number of carbonyl (C=O) groups excluding carboxylic acids is 1. The average molecular weight is 298 g/mol. The highest BCUT2D eigenvalue weighted by Crippen LogP contribution is 2.16. The molecule has 0 radical (unpaired) electrons. The van der Waals surface area contributed by atoms with Crippen molar-refractivity contribution in [3.05, 3.63) is 11.1 Å². The molecule has 1 unspecified atom stereocenters. The SMILES string of the molecule is Nc1ncc(C(=O)NCCCN2CCCC(CO)C2)s1. The third-order valence-electron chi connectivity index (χ3n) is 3.55. The van der Waals surface area contributed by atoms with Gasteiger partial charge in [-0.1, -0.05) is 11.3 Å². The topological polar surface area (TPSA) is 91.5 Å². The minimum absolute atomic E-state index is 0.105. The molecule has 1 saturated heterocycles. The van der Waals surface area contributed by atoms with Crippen molar-refractivity contribution in [2.75, 3.05) is 38.5 Å². The van der Waals surface area contributed by atoms with E-state index in [9.17, 15) is 9.90 Å². The van der Waals surface area contributed by atoms with Gasteiger partial charge in [-0.3, -0.25) is 4.79 Å². The van der Waals surface area contributed by atoms with Crippen molar-refractivity contribution in [2.24, 2.45) is 5.92 Å². The third kappa shape index (κ3) is 4.43. The van der Waals surface area contributed by atoms with Gasteiger partial charge >= 0.3 is 0 Å². The molecule has 1 aliphatic heterocycles. The zero-order valence-electron chi connectivity index (χ0n) is 11.5. The molecular weight excluding hydrogens is 276 g/mol. The minimum atomic E-state index is -0.105. The van der Waals surface area contributed by atoms with Crippen molar-refractivity contribution in [3.8, 4) is 0 Å². The molecule has 1 fully saturated rings. The number of aromatic nitrogens is 1. The fraction of sp³-hybridized carbons (Fsp3) is 0.692. The van der Waals surface area contributed by atoms with E-state index >= 15 is 0 Å². The zero-order valence-corrected chi connectivity index (χ0v) is 12.4. The normalized spacial score (nSPS) is 19.9. The number of nitrogen functional groups attached to an aromatic ring is 1. The van der Waals surface area contributed by atoms with E-state index in [4.69, 9.17) is 5.73 Å². The molecule has 6 nitrogen and oxygen atoms in total. The number of hydrogen-bond acceptors (Lipinski definition) is 6. The van der Waals surface area contributed by atoms with E-state index in [2.05, 4.69) is 15.2 Å².